The van der Waals surface area contributed by atoms with E-state index in [0.717, 1.165) is 39.0 Å². The summed E-state index contributed by atoms with van der Waals surface area (Å²) < 4.78 is 5.79. The van der Waals surface area contributed by atoms with Crippen molar-refractivity contribution in [1.82, 2.24) is 5.32 Å². The minimum atomic E-state index is -0.519. The zero-order valence-electron chi connectivity index (χ0n) is 14.8. The second kappa shape index (κ2) is 9.73. The average molecular weight is 378 g/mol. The van der Waals surface area contributed by atoms with E-state index in [1.807, 2.05) is 56.3 Å². The first kappa shape index (κ1) is 19.7. The zero-order chi connectivity index (χ0) is 18.2. The molecule has 0 heterocycles. The first-order chi connectivity index (χ1) is 12.0. The topological polar surface area (TPSA) is 38.3 Å². The second-order valence-electron chi connectivity index (χ2n) is 5.89. The van der Waals surface area contributed by atoms with Crippen molar-refractivity contribution in [2.24, 2.45) is 0 Å². The van der Waals surface area contributed by atoms with Gasteiger partial charge in [0.05, 0.1) is 0 Å². The van der Waals surface area contributed by atoms with Crippen LogP contribution in [0.4, 0.5) is 0 Å². The number of amides is 1. The molecule has 25 heavy (non-hydrogen) atoms. The molecule has 3 nitrogen and oxygen atoms in total. The number of halogens is 1. The highest BCUT2D eigenvalue weighted by molar-refractivity contribution is 7.98. The maximum absolute atomic E-state index is 12.2. The fourth-order valence-electron chi connectivity index (χ4n) is 2.28. The summed E-state index contributed by atoms with van der Waals surface area (Å²) >= 11 is 7.87. The van der Waals surface area contributed by atoms with Crippen molar-refractivity contribution in [1.29, 1.82) is 0 Å². The molecule has 0 saturated heterocycles. The smallest absolute Gasteiger partial charge is 0.260 e. The Morgan fingerprint density at radius 3 is 2.72 bits per heavy atom. The van der Waals surface area contributed by atoms with Crippen LogP contribution in [0, 0.1) is 13.8 Å². The minimum absolute atomic E-state index is 0.0979. The third-order valence-electron chi connectivity index (χ3n) is 3.99. The number of rotatable bonds is 8. The summed E-state index contributed by atoms with van der Waals surface area (Å²) in [6, 6.07) is 13.7. The summed E-state index contributed by atoms with van der Waals surface area (Å²) in [6.07, 6.45) is -0.519. The molecule has 0 spiro atoms. The van der Waals surface area contributed by atoms with Crippen LogP contribution < -0.4 is 10.1 Å². The minimum Gasteiger partial charge on any atom is -0.481 e. The third-order valence-corrected chi connectivity index (χ3v) is 5.37. The number of aryl methyl sites for hydroxylation is 1. The summed E-state index contributed by atoms with van der Waals surface area (Å²) in [5.74, 6) is 2.33. The van der Waals surface area contributed by atoms with Gasteiger partial charge in [0.15, 0.2) is 6.10 Å². The second-order valence-corrected chi connectivity index (χ2v) is 7.41. The van der Waals surface area contributed by atoms with Crippen molar-refractivity contribution >= 4 is 29.3 Å². The van der Waals surface area contributed by atoms with Crippen LogP contribution in [0.25, 0.3) is 0 Å². The third kappa shape index (κ3) is 5.98. The van der Waals surface area contributed by atoms with Gasteiger partial charge in [-0.1, -0.05) is 41.9 Å². The highest BCUT2D eigenvalue weighted by atomic mass is 35.5. The van der Waals surface area contributed by atoms with Crippen LogP contribution in [-0.2, 0) is 10.5 Å². The van der Waals surface area contributed by atoms with E-state index in [-0.39, 0.29) is 5.91 Å². The van der Waals surface area contributed by atoms with E-state index in [0.29, 0.717) is 6.54 Å². The van der Waals surface area contributed by atoms with Crippen molar-refractivity contribution in [3.63, 3.8) is 0 Å². The van der Waals surface area contributed by atoms with E-state index >= 15 is 0 Å². The molecule has 0 fully saturated rings. The zero-order valence-corrected chi connectivity index (χ0v) is 16.4. The average Bonchev–Trinajstić information content (AvgIpc) is 2.60. The van der Waals surface area contributed by atoms with Gasteiger partial charge in [0.25, 0.3) is 5.91 Å². The number of hydrogen-bond acceptors (Lipinski definition) is 3. The van der Waals surface area contributed by atoms with E-state index in [2.05, 4.69) is 5.32 Å². The SMILES string of the molecule is Cc1cccc(O[C@H](C)C(=O)NCCSCc2ccccc2Cl)c1C. The van der Waals surface area contributed by atoms with E-state index in [1.165, 1.54) is 0 Å². The van der Waals surface area contributed by atoms with Crippen molar-refractivity contribution in [2.45, 2.75) is 32.6 Å². The molecule has 0 bridgehead atoms. The molecule has 1 amide bonds. The maximum Gasteiger partial charge on any atom is 0.260 e. The Balaban J connectivity index is 1.71. The summed E-state index contributed by atoms with van der Waals surface area (Å²) in [6.45, 7) is 6.41. The van der Waals surface area contributed by atoms with Gasteiger partial charge in [0, 0.05) is 23.1 Å². The molecule has 5 heteroatoms. The molecule has 0 radical (unpaired) electrons. The predicted octanol–water partition coefficient (Wildman–Crippen LogP) is 4.77. The number of ether oxygens (including phenoxy) is 1. The van der Waals surface area contributed by atoms with Gasteiger partial charge in [-0.05, 0) is 49.6 Å². The predicted molar refractivity (Wildman–Crippen MR) is 107 cm³/mol. The Morgan fingerprint density at radius 2 is 1.96 bits per heavy atom. The Kier molecular flexibility index (Phi) is 7.66. The number of benzene rings is 2. The van der Waals surface area contributed by atoms with Crippen molar-refractivity contribution in [2.75, 3.05) is 12.3 Å². The molecule has 1 atom stereocenters. The van der Waals surface area contributed by atoms with Gasteiger partial charge >= 0.3 is 0 Å². The molecule has 0 aliphatic carbocycles. The maximum atomic E-state index is 12.2. The highest BCUT2D eigenvalue weighted by Gasteiger charge is 2.15. The number of carbonyl (C=O) groups is 1. The normalized spacial score (nSPS) is 11.8. The first-order valence-corrected chi connectivity index (χ1v) is 9.84. The van der Waals surface area contributed by atoms with Crippen molar-refractivity contribution < 1.29 is 9.53 Å². The van der Waals surface area contributed by atoms with E-state index in [1.54, 1.807) is 18.7 Å². The molecule has 2 aromatic carbocycles. The quantitative estimate of drug-likeness (QED) is 0.673. The largest absolute Gasteiger partial charge is 0.481 e. The molecule has 0 aliphatic heterocycles. The van der Waals surface area contributed by atoms with Crippen molar-refractivity contribution in [3.05, 3.63) is 64.2 Å². The summed E-state index contributed by atoms with van der Waals surface area (Å²) in [4.78, 5) is 12.2. The fraction of sp³-hybridized carbons (Fsp3) is 0.350. The van der Waals surface area contributed by atoms with Crippen LogP contribution >= 0.6 is 23.4 Å². The summed E-state index contributed by atoms with van der Waals surface area (Å²) in [5.41, 5.74) is 3.34. The molecular weight excluding hydrogens is 354 g/mol. The van der Waals surface area contributed by atoms with Crippen LogP contribution in [0.15, 0.2) is 42.5 Å². The number of carbonyl (C=O) groups excluding carboxylic acids is 1. The van der Waals surface area contributed by atoms with Crippen LogP contribution in [0.2, 0.25) is 5.02 Å². The number of thioether (sulfide) groups is 1. The van der Waals surface area contributed by atoms with Crippen molar-refractivity contribution in [3.8, 4) is 5.75 Å². The van der Waals surface area contributed by atoms with Gasteiger partial charge in [-0.2, -0.15) is 11.8 Å². The van der Waals surface area contributed by atoms with Gasteiger partial charge in [0.1, 0.15) is 5.75 Å². The van der Waals surface area contributed by atoms with E-state index in [4.69, 9.17) is 16.3 Å². The Morgan fingerprint density at radius 1 is 1.20 bits per heavy atom. The Hall–Kier alpha value is -1.65. The van der Waals surface area contributed by atoms with Gasteiger partial charge in [-0.15, -0.1) is 0 Å². The van der Waals surface area contributed by atoms with Gasteiger partial charge in [0.2, 0.25) is 0 Å². The Bertz CT molecular complexity index is 721. The monoisotopic (exact) mass is 377 g/mol. The lowest BCUT2D eigenvalue weighted by molar-refractivity contribution is -0.127. The molecule has 0 saturated carbocycles. The first-order valence-electron chi connectivity index (χ1n) is 8.30. The molecule has 1 N–H and O–H groups in total. The van der Waals surface area contributed by atoms with Gasteiger partial charge in [-0.3, -0.25) is 4.79 Å². The van der Waals surface area contributed by atoms with Gasteiger partial charge in [-0.25, -0.2) is 0 Å². The molecular formula is C20H24ClNO2S. The summed E-state index contributed by atoms with van der Waals surface area (Å²) in [7, 11) is 0. The molecule has 0 aliphatic rings. The van der Waals surface area contributed by atoms with Crippen LogP contribution in [-0.4, -0.2) is 24.3 Å². The molecule has 0 unspecified atom stereocenters. The summed E-state index contributed by atoms with van der Waals surface area (Å²) in [5, 5.41) is 3.71. The highest BCUT2D eigenvalue weighted by Crippen LogP contribution is 2.22. The van der Waals surface area contributed by atoms with Crippen LogP contribution in [0.3, 0.4) is 0 Å². The number of hydrogen-bond donors (Lipinski definition) is 1. The lowest BCUT2D eigenvalue weighted by atomic mass is 10.1. The molecule has 134 valence electrons. The van der Waals surface area contributed by atoms with Crippen LogP contribution in [0.1, 0.15) is 23.6 Å². The lowest BCUT2D eigenvalue weighted by Crippen LogP contribution is -2.37. The molecule has 2 aromatic rings. The lowest BCUT2D eigenvalue weighted by Gasteiger charge is -2.17. The number of nitrogens with one attached hydrogen (secondary N) is 1. The van der Waals surface area contributed by atoms with E-state index in [9.17, 15) is 4.79 Å². The standard InChI is InChI=1S/C20H24ClNO2S/c1-14-7-6-10-19(15(14)2)24-16(3)20(23)22-11-12-25-13-17-8-4-5-9-18(17)21/h4-10,16H,11-13H2,1-3H3,(H,22,23)/t16-/m1/s1. The molecule has 2 rings (SSSR count). The van der Waals surface area contributed by atoms with Gasteiger partial charge < -0.3 is 10.1 Å². The molecule has 0 aromatic heterocycles. The van der Waals surface area contributed by atoms with Crippen LogP contribution in [0.5, 0.6) is 5.75 Å². The Labute approximate surface area is 159 Å². The van der Waals surface area contributed by atoms with E-state index < -0.39 is 6.10 Å². The fourth-order valence-corrected chi connectivity index (χ4v) is 3.43.